The van der Waals surface area contributed by atoms with E-state index in [0.29, 0.717) is 12.0 Å². The highest BCUT2D eigenvalue weighted by Crippen LogP contribution is 2.19. The third-order valence-corrected chi connectivity index (χ3v) is 7.36. The molecule has 4 atom stereocenters. The second kappa shape index (κ2) is 16.8. The fourth-order valence-electron chi connectivity index (χ4n) is 5.00. The van der Waals surface area contributed by atoms with E-state index < -0.39 is 47.9 Å². The van der Waals surface area contributed by atoms with Gasteiger partial charge in [0.1, 0.15) is 23.9 Å². The number of nitrogens with zero attached hydrogens (tertiary/aromatic N) is 1. The van der Waals surface area contributed by atoms with Crippen molar-refractivity contribution in [2.45, 2.75) is 70.1 Å². The molecule has 2 aromatic carbocycles. The van der Waals surface area contributed by atoms with E-state index in [-0.39, 0.29) is 49.9 Å². The summed E-state index contributed by atoms with van der Waals surface area (Å²) >= 11 is 0. The van der Waals surface area contributed by atoms with E-state index in [0.717, 1.165) is 16.5 Å². The number of aromatic nitrogens is 1. The number of carbonyl (C=O) groups is 4. The number of rotatable bonds is 17. The highest BCUT2D eigenvalue weighted by molar-refractivity contribution is 5.94. The van der Waals surface area contributed by atoms with E-state index >= 15 is 0 Å². The summed E-state index contributed by atoms with van der Waals surface area (Å²) in [7, 11) is 0. The van der Waals surface area contributed by atoms with Crippen molar-refractivity contribution in [3.05, 3.63) is 65.9 Å². The van der Waals surface area contributed by atoms with Gasteiger partial charge in [-0.15, -0.1) is 0 Å². The van der Waals surface area contributed by atoms with Gasteiger partial charge in [-0.3, -0.25) is 19.4 Å². The number of aromatic amines is 1. The lowest BCUT2D eigenvalue weighted by Crippen LogP contribution is -2.57. The summed E-state index contributed by atoms with van der Waals surface area (Å²) in [6, 6.07) is 9.24. The lowest BCUT2D eigenvalue weighted by molar-refractivity contribution is -0.142. The fourth-order valence-corrected chi connectivity index (χ4v) is 5.00. The molecule has 0 spiro atoms. The monoisotopic (exact) mass is 636 g/mol. The van der Waals surface area contributed by atoms with E-state index in [4.69, 9.17) is 17.2 Å². The summed E-state index contributed by atoms with van der Waals surface area (Å²) in [5.74, 6) is -3.20. The van der Waals surface area contributed by atoms with E-state index in [2.05, 4.69) is 25.9 Å². The second-order valence-electron chi connectivity index (χ2n) is 11.6. The van der Waals surface area contributed by atoms with Crippen LogP contribution in [0.1, 0.15) is 44.2 Å². The molecule has 0 aliphatic rings. The molecule has 0 saturated carbocycles. The number of nitrogens with two attached hydrogens (primary N) is 3. The second-order valence-corrected chi connectivity index (χ2v) is 11.6. The van der Waals surface area contributed by atoms with Crippen molar-refractivity contribution in [3.63, 3.8) is 0 Å². The van der Waals surface area contributed by atoms with Crippen molar-refractivity contribution < 1.29 is 29.4 Å². The van der Waals surface area contributed by atoms with Crippen LogP contribution >= 0.6 is 0 Å². The Labute approximate surface area is 267 Å². The van der Waals surface area contributed by atoms with Crippen molar-refractivity contribution >= 4 is 40.6 Å². The summed E-state index contributed by atoms with van der Waals surface area (Å²) in [6.07, 6.45) is 2.56. The third-order valence-electron chi connectivity index (χ3n) is 7.36. The molecule has 0 radical (unpaired) electrons. The predicted molar refractivity (Wildman–Crippen MR) is 175 cm³/mol. The number of hydrogen-bond donors (Lipinski definition) is 9. The number of benzene rings is 2. The largest absolute Gasteiger partial charge is 0.508 e. The average Bonchev–Trinajstić information content (AvgIpc) is 3.41. The smallest absolute Gasteiger partial charge is 0.326 e. The Morgan fingerprint density at radius 3 is 2.15 bits per heavy atom. The van der Waals surface area contributed by atoms with Crippen LogP contribution in [0.25, 0.3) is 10.9 Å². The van der Waals surface area contributed by atoms with Gasteiger partial charge in [0.2, 0.25) is 17.7 Å². The molecule has 248 valence electrons. The quantitative estimate of drug-likeness (QED) is 0.0571. The molecule has 3 rings (SSSR count). The number of amides is 3. The van der Waals surface area contributed by atoms with Gasteiger partial charge in [0.05, 0.1) is 6.04 Å². The first kappa shape index (κ1) is 35.4. The molecule has 3 aromatic rings. The molecule has 0 bridgehead atoms. The third kappa shape index (κ3) is 10.8. The van der Waals surface area contributed by atoms with Gasteiger partial charge in [-0.1, -0.05) is 44.2 Å². The molecule has 4 unspecified atom stereocenters. The first-order valence-corrected chi connectivity index (χ1v) is 15.1. The number of para-hydroxylation sites is 1. The molecular weight excluding hydrogens is 592 g/mol. The number of H-pyrrole nitrogens is 1. The SMILES string of the molecule is CC(C)CC(NC(=O)C(CCCN=C(N)N)NC(=O)C(N)Cc1ccc(O)cc1)C(=O)NC(Cc1c[nH]c2ccccc12)C(=O)O. The summed E-state index contributed by atoms with van der Waals surface area (Å²) in [6.45, 7) is 3.93. The van der Waals surface area contributed by atoms with Crippen LogP contribution in [0, 0.1) is 5.92 Å². The van der Waals surface area contributed by atoms with Crippen molar-refractivity contribution in [3.8, 4) is 5.75 Å². The number of fused-ring (bicyclic) bond motifs is 1. The van der Waals surface area contributed by atoms with Gasteiger partial charge in [-0.2, -0.15) is 0 Å². The molecular formula is C32H44N8O6. The number of aliphatic carboxylic acids is 1. The van der Waals surface area contributed by atoms with Crippen LogP contribution in [0.2, 0.25) is 0 Å². The van der Waals surface area contributed by atoms with E-state index in [1.165, 1.54) is 12.1 Å². The van der Waals surface area contributed by atoms with Crippen LogP contribution in [-0.4, -0.2) is 75.6 Å². The zero-order chi connectivity index (χ0) is 33.8. The summed E-state index contributed by atoms with van der Waals surface area (Å²) in [4.78, 5) is 59.3. The van der Waals surface area contributed by atoms with E-state index in [9.17, 15) is 29.4 Å². The topological polar surface area (TPSA) is 251 Å². The number of aliphatic imine (C=N–C) groups is 1. The fraction of sp³-hybridized carbons (Fsp3) is 0.406. The van der Waals surface area contributed by atoms with E-state index in [1.54, 1.807) is 18.3 Å². The lowest BCUT2D eigenvalue weighted by atomic mass is 10.00. The first-order chi connectivity index (χ1) is 21.8. The Balaban J connectivity index is 1.73. The minimum Gasteiger partial charge on any atom is -0.508 e. The summed E-state index contributed by atoms with van der Waals surface area (Å²) < 4.78 is 0. The van der Waals surface area contributed by atoms with Gasteiger partial charge in [-0.25, -0.2) is 4.79 Å². The molecule has 3 amide bonds. The maximum atomic E-state index is 13.6. The van der Waals surface area contributed by atoms with Crippen LogP contribution in [0.4, 0.5) is 0 Å². The van der Waals surface area contributed by atoms with Gasteiger partial charge in [0, 0.05) is 30.1 Å². The van der Waals surface area contributed by atoms with Gasteiger partial charge in [0.25, 0.3) is 0 Å². The zero-order valence-corrected chi connectivity index (χ0v) is 26.0. The maximum Gasteiger partial charge on any atom is 0.326 e. The Kier molecular flexibility index (Phi) is 12.9. The van der Waals surface area contributed by atoms with Crippen LogP contribution in [0.3, 0.4) is 0 Å². The van der Waals surface area contributed by atoms with Crippen molar-refractivity contribution in [2.75, 3.05) is 6.54 Å². The molecule has 0 aliphatic heterocycles. The van der Waals surface area contributed by atoms with Crippen LogP contribution < -0.4 is 33.2 Å². The van der Waals surface area contributed by atoms with Crippen molar-refractivity contribution in [2.24, 2.45) is 28.1 Å². The number of guanidine groups is 1. The highest BCUT2D eigenvalue weighted by atomic mass is 16.4. The molecule has 46 heavy (non-hydrogen) atoms. The number of carboxylic acid groups (broad SMARTS) is 1. The Morgan fingerprint density at radius 1 is 0.870 bits per heavy atom. The summed E-state index contributed by atoms with van der Waals surface area (Å²) in [5, 5.41) is 28.3. The number of carboxylic acids is 1. The Bertz CT molecular complexity index is 1520. The summed E-state index contributed by atoms with van der Waals surface area (Å²) in [5.41, 5.74) is 19.2. The molecule has 12 N–H and O–H groups in total. The number of carbonyl (C=O) groups excluding carboxylic acids is 3. The minimum atomic E-state index is -1.26. The van der Waals surface area contributed by atoms with Gasteiger partial charge in [0.15, 0.2) is 5.96 Å². The zero-order valence-electron chi connectivity index (χ0n) is 26.0. The number of phenols is 1. The van der Waals surface area contributed by atoms with Crippen LogP contribution in [0.15, 0.2) is 59.7 Å². The normalized spacial score (nSPS) is 13.7. The van der Waals surface area contributed by atoms with Gasteiger partial charge < -0.3 is 48.3 Å². The molecule has 0 aliphatic carbocycles. The molecule has 1 heterocycles. The molecule has 14 heteroatoms. The van der Waals surface area contributed by atoms with Crippen LogP contribution in [0.5, 0.6) is 5.75 Å². The Morgan fingerprint density at radius 2 is 1.50 bits per heavy atom. The average molecular weight is 637 g/mol. The van der Waals surface area contributed by atoms with Gasteiger partial charge in [-0.05, 0) is 60.9 Å². The number of aromatic hydroxyl groups is 1. The first-order valence-electron chi connectivity index (χ1n) is 15.1. The number of hydrogen-bond acceptors (Lipinski definition) is 7. The standard InChI is InChI=1S/C32H44N8O6/c1-18(2)14-26(30(44)40-27(31(45)46)16-20-17-37-24-7-4-3-6-22(20)24)39-29(43)25(8-5-13-36-32(34)35)38-28(42)23(33)15-19-9-11-21(41)12-10-19/h3-4,6-7,9-12,17-18,23,25-27,37,41H,5,8,13-16,33H2,1-2H3,(H,38,42)(H,39,43)(H,40,44)(H,45,46)(H4,34,35,36). The van der Waals surface area contributed by atoms with E-state index in [1.807, 2.05) is 38.1 Å². The molecule has 1 aromatic heterocycles. The lowest BCUT2D eigenvalue weighted by Gasteiger charge is -2.26. The minimum absolute atomic E-state index is 0.0236. The highest BCUT2D eigenvalue weighted by Gasteiger charge is 2.31. The maximum absolute atomic E-state index is 13.6. The number of nitrogens with one attached hydrogen (secondary N) is 4. The number of phenolic OH excluding ortho intramolecular Hbond substituents is 1. The molecule has 0 saturated heterocycles. The van der Waals surface area contributed by atoms with Crippen LogP contribution in [-0.2, 0) is 32.0 Å². The molecule has 0 fully saturated rings. The van der Waals surface area contributed by atoms with Crippen molar-refractivity contribution in [1.82, 2.24) is 20.9 Å². The van der Waals surface area contributed by atoms with Crippen molar-refractivity contribution in [1.29, 1.82) is 0 Å². The van der Waals surface area contributed by atoms with Gasteiger partial charge >= 0.3 is 5.97 Å². The Hall–Kier alpha value is -5.11. The molecule has 14 nitrogen and oxygen atoms in total. The predicted octanol–water partition coefficient (Wildman–Crippen LogP) is 0.625.